The lowest BCUT2D eigenvalue weighted by atomic mass is 9.93. The standard InChI is InChI=1S/C44H43ClF10N8O7S2/c1-22-14-29-36(44(53,54)55)59-61(37(29)43(22,51)52)19-32(64)58-31(17-23-15-24(46)18-25(47)16-23)34-27(9-8-26(57-34)12-13-41(4,5)71(6,67)68)28-10-11-30(45)33-35(28)62(21-42(48,49)50)60-38(33)63(72(7,69)70)39(65)56-20-40(2,3)66/h8-11,15-16,18,22,31,66H,14,17,19-21H2,1-7H3,(H,56,65)(H,58,64)/t22-,31+/m1/s1. The van der Waals surface area contributed by atoms with Crippen molar-refractivity contribution in [3.8, 4) is 23.0 Å². The van der Waals surface area contributed by atoms with Gasteiger partial charge in [-0.3, -0.25) is 14.2 Å². The molecule has 3 N–H and O–H groups in total. The van der Waals surface area contributed by atoms with E-state index in [1.807, 2.05) is 0 Å². The zero-order chi connectivity index (χ0) is 54.1. The lowest BCUT2D eigenvalue weighted by Crippen LogP contribution is -2.48. The molecule has 390 valence electrons. The maximum Gasteiger partial charge on any atom is 0.435 e. The normalized spacial score (nSPS) is 15.7. The molecule has 3 aromatic heterocycles. The minimum atomic E-state index is -5.25. The summed E-state index contributed by atoms with van der Waals surface area (Å²) in [6, 6.07) is 3.19. The molecule has 0 fully saturated rings. The highest BCUT2D eigenvalue weighted by atomic mass is 35.5. The van der Waals surface area contributed by atoms with Crippen molar-refractivity contribution in [3.63, 3.8) is 0 Å². The predicted octanol–water partition coefficient (Wildman–Crippen LogP) is 7.61. The molecule has 0 aliphatic heterocycles. The highest BCUT2D eigenvalue weighted by molar-refractivity contribution is 7.93. The number of benzene rings is 2. The number of amides is 3. The maximum absolute atomic E-state index is 15.5. The molecule has 0 saturated heterocycles. The van der Waals surface area contributed by atoms with Crippen LogP contribution in [0.25, 0.3) is 22.0 Å². The van der Waals surface area contributed by atoms with E-state index >= 15 is 8.78 Å². The Bertz CT molecular complexity index is 3270. The third kappa shape index (κ3) is 11.9. The number of hydrogen-bond donors (Lipinski definition) is 3. The van der Waals surface area contributed by atoms with Crippen molar-refractivity contribution in [2.24, 2.45) is 5.92 Å². The van der Waals surface area contributed by atoms with Crippen molar-refractivity contribution in [2.45, 2.75) is 95.2 Å². The van der Waals surface area contributed by atoms with Gasteiger partial charge in [-0.2, -0.15) is 49.6 Å². The van der Waals surface area contributed by atoms with Crippen molar-refractivity contribution in [1.29, 1.82) is 0 Å². The Balaban J connectivity index is 1.66. The minimum Gasteiger partial charge on any atom is -0.389 e. The lowest BCUT2D eigenvalue weighted by Gasteiger charge is -2.24. The fourth-order valence-electron chi connectivity index (χ4n) is 7.65. The van der Waals surface area contributed by atoms with Gasteiger partial charge in [0.25, 0.3) is 5.92 Å². The van der Waals surface area contributed by atoms with Crippen molar-refractivity contribution in [3.05, 3.63) is 93.0 Å². The van der Waals surface area contributed by atoms with Crippen molar-refractivity contribution >= 4 is 60.1 Å². The van der Waals surface area contributed by atoms with E-state index in [-0.39, 0.29) is 36.1 Å². The van der Waals surface area contributed by atoms with Crippen molar-refractivity contribution in [2.75, 3.05) is 23.4 Å². The van der Waals surface area contributed by atoms with Crippen LogP contribution in [0.1, 0.15) is 74.6 Å². The number of pyridine rings is 1. The average Bonchev–Trinajstić information content (AvgIpc) is 3.83. The van der Waals surface area contributed by atoms with E-state index in [0.29, 0.717) is 12.3 Å². The Morgan fingerprint density at radius 2 is 1.56 bits per heavy atom. The monoisotopic (exact) mass is 1080 g/mol. The van der Waals surface area contributed by atoms with Crippen LogP contribution in [0.5, 0.6) is 0 Å². The first-order valence-corrected chi connectivity index (χ1v) is 25.2. The molecule has 3 amide bonds. The van der Waals surface area contributed by atoms with E-state index in [1.54, 1.807) is 0 Å². The number of carbonyl (C=O) groups is 2. The molecule has 15 nitrogen and oxygen atoms in total. The maximum atomic E-state index is 15.5. The molecule has 72 heavy (non-hydrogen) atoms. The van der Waals surface area contributed by atoms with Crippen LogP contribution in [0.4, 0.5) is 54.5 Å². The molecule has 0 spiro atoms. The number of anilines is 1. The topological polar surface area (TPSA) is 198 Å². The molecule has 0 bridgehead atoms. The third-order valence-corrected chi connectivity index (χ3v) is 14.5. The average molecular weight is 1090 g/mol. The van der Waals surface area contributed by atoms with E-state index in [2.05, 4.69) is 37.7 Å². The van der Waals surface area contributed by atoms with Gasteiger partial charge in [-0.25, -0.2) is 35.4 Å². The smallest absolute Gasteiger partial charge is 0.389 e. The highest BCUT2D eigenvalue weighted by Gasteiger charge is 2.54. The Hall–Kier alpha value is -5.98. The number of carbonyl (C=O) groups excluding carboxylic acids is 2. The van der Waals surface area contributed by atoms with Gasteiger partial charge in [-0.15, -0.1) is 0 Å². The minimum absolute atomic E-state index is 0.00692. The molecule has 2 aromatic carbocycles. The van der Waals surface area contributed by atoms with Gasteiger partial charge in [-0.1, -0.05) is 30.5 Å². The summed E-state index contributed by atoms with van der Waals surface area (Å²) in [5.74, 6) is -5.14. The first-order chi connectivity index (χ1) is 32.8. The SMILES string of the molecule is C[C@@H]1Cc2c(C(F)(F)F)nn(CC(=O)N[C@@H](Cc3cc(F)cc(F)c3)c3nc(C#CC(C)(C)S(C)(=O)=O)ccc3-c3ccc(Cl)c4c(N(C(=O)NCC(C)(C)O)S(C)(=O)=O)nn(CC(F)(F)F)c34)c2C1(F)F. The van der Waals surface area contributed by atoms with E-state index in [0.717, 1.165) is 49.6 Å². The van der Waals surface area contributed by atoms with Crippen LogP contribution < -0.4 is 14.9 Å². The van der Waals surface area contributed by atoms with Crippen molar-refractivity contribution < 1.29 is 75.4 Å². The molecule has 1 aliphatic rings. The van der Waals surface area contributed by atoms with Gasteiger partial charge in [0.05, 0.1) is 39.5 Å². The second-order valence-corrected chi connectivity index (χ2v) is 23.0. The molecule has 28 heteroatoms. The number of nitrogens with zero attached hydrogens (tertiary/aromatic N) is 6. The summed E-state index contributed by atoms with van der Waals surface area (Å²) in [7, 11) is -8.74. The molecule has 3 heterocycles. The second kappa shape index (κ2) is 19.1. The Morgan fingerprint density at radius 1 is 0.944 bits per heavy atom. The molecule has 2 atom stereocenters. The van der Waals surface area contributed by atoms with Crippen LogP contribution in [0.15, 0.2) is 42.5 Å². The van der Waals surface area contributed by atoms with Gasteiger partial charge in [0.2, 0.25) is 15.9 Å². The molecule has 0 unspecified atom stereocenters. The lowest BCUT2D eigenvalue weighted by molar-refractivity contribution is -0.143. The van der Waals surface area contributed by atoms with Gasteiger partial charge >= 0.3 is 18.4 Å². The Morgan fingerprint density at radius 3 is 2.11 bits per heavy atom. The summed E-state index contributed by atoms with van der Waals surface area (Å²) in [5.41, 5.74) is -7.79. The number of nitrogens with one attached hydrogen (secondary N) is 2. The largest absolute Gasteiger partial charge is 0.435 e. The molecule has 0 radical (unpaired) electrons. The summed E-state index contributed by atoms with van der Waals surface area (Å²) >= 11 is 6.61. The van der Waals surface area contributed by atoms with Crippen LogP contribution in [0, 0.1) is 29.4 Å². The molecule has 0 saturated carbocycles. The molecule has 6 rings (SSSR count). The van der Waals surface area contributed by atoms with Crippen LogP contribution in [0.3, 0.4) is 0 Å². The number of hydrogen-bond acceptors (Lipinski definition) is 10. The Kier molecular flexibility index (Phi) is 14.7. The van der Waals surface area contributed by atoms with Crippen molar-refractivity contribution in [1.82, 2.24) is 35.2 Å². The highest BCUT2D eigenvalue weighted by Crippen LogP contribution is 2.50. The summed E-state index contributed by atoms with van der Waals surface area (Å²) in [6.07, 6.45) is -10.5. The summed E-state index contributed by atoms with van der Waals surface area (Å²) < 4.78 is 197. The predicted molar refractivity (Wildman–Crippen MR) is 242 cm³/mol. The van der Waals surface area contributed by atoms with Gasteiger partial charge < -0.3 is 15.7 Å². The fraction of sp³-hybridized carbons (Fsp3) is 0.432. The van der Waals surface area contributed by atoms with E-state index in [1.165, 1.54) is 27.7 Å². The van der Waals surface area contributed by atoms with E-state index in [4.69, 9.17) is 11.6 Å². The van der Waals surface area contributed by atoms with Crippen LogP contribution in [-0.2, 0) is 62.7 Å². The summed E-state index contributed by atoms with van der Waals surface area (Å²) in [4.78, 5) is 32.3. The molecule has 1 aliphatic carbocycles. The van der Waals surface area contributed by atoms with Gasteiger partial charge in [0.15, 0.2) is 21.3 Å². The molecular weight excluding hydrogens is 1040 g/mol. The van der Waals surface area contributed by atoms with Gasteiger partial charge in [0.1, 0.15) is 40.9 Å². The number of fused-ring (bicyclic) bond motifs is 2. The number of urea groups is 1. The number of aromatic nitrogens is 5. The van der Waals surface area contributed by atoms with Gasteiger partial charge in [-0.05, 0) is 82.4 Å². The first kappa shape index (κ1) is 55.3. The Labute approximate surface area is 409 Å². The first-order valence-electron chi connectivity index (χ1n) is 21.1. The zero-order valence-corrected chi connectivity index (χ0v) is 41.2. The van der Waals surface area contributed by atoms with Gasteiger partial charge in [0, 0.05) is 41.5 Å². The number of sulfonamides is 1. The van der Waals surface area contributed by atoms with Crippen LogP contribution >= 0.6 is 11.6 Å². The number of sulfone groups is 1. The number of aliphatic hydroxyl groups is 1. The zero-order valence-electron chi connectivity index (χ0n) is 38.8. The quantitative estimate of drug-likeness (QED) is 0.0779. The third-order valence-electron chi connectivity index (χ3n) is 11.3. The second-order valence-electron chi connectivity index (χ2n) is 18.2. The van der Waals surface area contributed by atoms with E-state index in [9.17, 15) is 66.7 Å². The molecular formula is C44H43ClF10N8O7S2. The van der Waals surface area contributed by atoms with E-state index < -0.39 is 161 Å². The summed E-state index contributed by atoms with van der Waals surface area (Å²) in [5, 5.41) is 21.0. The summed E-state index contributed by atoms with van der Waals surface area (Å²) in [6.45, 7) is 2.04. The number of rotatable bonds is 13. The van der Waals surface area contributed by atoms with Crippen LogP contribution in [0.2, 0.25) is 5.02 Å². The van der Waals surface area contributed by atoms with Crippen LogP contribution in [-0.4, -0.2) is 94.0 Å². The molecule has 5 aromatic rings. The number of alkyl halides is 8. The fourth-order valence-corrected chi connectivity index (χ4v) is 8.93. The number of halogens is 11.